The van der Waals surface area contributed by atoms with Crippen molar-refractivity contribution in [3.05, 3.63) is 109 Å². The largest absolute Gasteiger partial charge is 0.472 e. The molecule has 0 aromatic heterocycles. The van der Waals surface area contributed by atoms with Gasteiger partial charge >= 0.3 is 33.6 Å². The van der Waals surface area contributed by atoms with Crippen LogP contribution in [0.2, 0.25) is 0 Å². The summed E-state index contributed by atoms with van der Waals surface area (Å²) in [5, 5.41) is 20.6. The predicted molar refractivity (Wildman–Crippen MR) is 427 cm³/mol. The summed E-state index contributed by atoms with van der Waals surface area (Å²) >= 11 is 0. The van der Waals surface area contributed by atoms with Crippen LogP contribution >= 0.6 is 15.6 Å². The second-order valence-electron chi connectivity index (χ2n) is 27.5. The van der Waals surface area contributed by atoms with Crippen LogP contribution in [0.1, 0.15) is 355 Å². The Morgan fingerprint density at radius 2 is 0.515 bits per heavy atom. The molecule has 0 aromatic carbocycles. The highest BCUT2D eigenvalue weighted by Crippen LogP contribution is 2.45. The average Bonchev–Trinajstić information content (AvgIpc) is 0.915. The van der Waals surface area contributed by atoms with Crippen LogP contribution in [0.5, 0.6) is 0 Å². The van der Waals surface area contributed by atoms with Crippen LogP contribution in [0.4, 0.5) is 0 Å². The fourth-order valence-electron chi connectivity index (χ4n) is 11.3. The van der Waals surface area contributed by atoms with Gasteiger partial charge in [0.05, 0.1) is 26.4 Å². The number of phosphoric acid groups is 2. The summed E-state index contributed by atoms with van der Waals surface area (Å²) in [4.78, 5) is 58.6. The van der Waals surface area contributed by atoms with E-state index in [0.29, 0.717) is 19.3 Å². The van der Waals surface area contributed by atoms with Crippen LogP contribution < -0.4 is 0 Å². The van der Waals surface area contributed by atoms with E-state index in [4.69, 9.17) is 32.3 Å². The number of ether oxygens (including phenoxy) is 3. The number of hydrogen-bond acceptors (Lipinski definition) is 14. The fourth-order valence-corrected chi connectivity index (χ4v) is 12.9. The molecule has 0 rings (SSSR count). The molecule has 0 aliphatic rings. The smallest absolute Gasteiger partial charge is 0.463 e. The number of carbonyl (C=O) groups is 3. The Balaban J connectivity index is 4.37. The summed E-state index contributed by atoms with van der Waals surface area (Å²) in [6.07, 6.45) is 91.6. The van der Waals surface area contributed by atoms with E-state index in [1.165, 1.54) is 167 Å². The first-order chi connectivity index (χ1) is 50.2. The summed E-state index contributed by atoms with van der Waals surface area (Å²) in [6.45, 7) is 2.47. The highest BCUT2D eigenvalue weighted by Gasteiger charge is 2.29. The molecule has 596 valence electrons. The van der Waals surface area contributed by atoms with E-state index >= 15 is 0 Å². The first kappa shape index (κ1) is 99.2. The Kier molecular flexibility index (Phi) is 74.9. The molecule has 0 fully saturated rings. The molecule has 18 heteroatoms. The summed E-state index contributed by atoms with van der Waals surface area (Å²) in [7, 11) is -9.79. The van der Waals surface area contributed by atoms with E-state index in [1.54, 1.807) is 0 Å². The third kappa shape index (κ3) is 79.1. The molecular weight excluding hydrogens is 1340 g/mol. The predicted octanol–water partition coefficient (Wildman–Crippen LogP) is 24.3. The van der Waals surface area contributed by atoms with Gasteiger partial charge < -0.3 is 34.2 Å². The van der Waals surface area contributed by atoms with E-state index in [-0.39, 0.29) is 19.3 Å². The third-order valence-electron chi connectivity index (χ3n) is 17.5. The standard InChI is InChI=1S/C85H150O16P2/c1-4-7-10-13-16-19-22-25-28-30-31-32-33-34-35-36-37-38-39-40-41-42-43-44-45-46-47-49-52-53-56-59-62-65-68-71-83(88)95-74-80(86)75-97-102(91,92)98-76-81(87)77-99-103(93,94)100-79-82(101-85(90)73-70-67-64-61-58-55-50-27-24-21-18-15-12-9-6-3)78-96-84(89)72-69-66-63-60-57-54-51-48-29-26-23-20-17-14-11-8-5-2/h7-8,10-11,16-17,19-20,25-26,28-29,31-32,34-35,51,54,80-82,86-87H,4-6,9,12-15,18,21-24,27,30,33,36-50,52-53,55-79H2,1-3H3,(H,91,92)(H,93,94)/b10-7-,11-8-,19-16-,20-17-,28-25-,29-26-,32-31-,35-34-,54-51-. The number of aliphatic hydroxyl groups is 2. The SMILES string of the molecule is CC/C=C\C/C=C\C/C=C\C/C=C\C/C=C\CCCCCCCCCCCCCCCCCCCCCC(=O)OCC(O)COP(=O)(O)OCC(O)COP(=O)(O)OCC(COC(=O)CCCCCC/C=C\C/C=C\C/C=C\C/C=C\CC)OC(=O)CCCCCCCCCCCCCCCCC. The zero-order valence-corrected chi connectivity index (χ0v) is 67.0. The van der Waals surface area contributed by atoms with E-state index < -0.39 is 91.5 Å². The monoisotopic (exact) mass is 1490 g/mol. The Hall–Kier alpha value is -3.79. The zero-order valence-electron chi connectivity index (χ0n) is 65.2. The van der Waals surface area contributed by atoms with Crippen LogP contribution in [-0.4, -0.2) is 95.9 Å². The van der Waals surface area contributed by atoms with Crippen LogP contribution in [0.15, 0.2) is 109 Å². The lowest BCUT2D eigenvalue weighted by atomic mass is 10.0. The number of unbranched alkanes of at least 4 members (excludes halogenated alkanes) is 37. The van der Waals surface area contributed by atoms with E-state index in [9.17, 15) is 43.5 Å². The van der Waals surface area contributed by atoms with Crippen molar-refractivity contribution >= 4 is 33.6 Å². The van der Waals surface area contributed by atoms with Gasteiger partial charge in [0.25, 0.3) is 0 Å². The highest BCUT2D eigenvalue weighted by atomic mass is 31.2. The maximum absolute atomic E-state index is 13.0. The lowest BCUT2D eigenvalue weighted by Gasteiger charge is -2.21. The van der Waals surface area contributed by atoms with Gasteiger partial charge in [0.2, 0.25) is 0 Å². The van der Waals surface area contributed by atoms with Crippen LogP contribution in [-0.2, 0) is 55.8 Å². The second kappa shape index (κ2) is 77.8. The van der Waals surface area contributed by atoms with Crippen molar-refractivity contribution < 1.29 is 75.8 Å². The maximum atomic E-state index is 13.0. The first-order valence-electron chi connectivity index (χ1n) is 41.2. The summed E-state index contributed by atoms with van der Waals surface area (Å²) < 4.78 is 61.1. The Morgan fingerprint density at radius 3 is 0.816 bits per heavy atom. The van der Waals surface area contributed by atoms with Crippen molar-refractivity contribution in [2.75, 3.05) is 39.6 Å². The van der Waals surface area contributed by atoms with Crippen LogP contribution in [0, 0.1) is 0 Å². The average molecular weight is 1490 g/mol. The number of carbonyl (C=O) groups excluding carboxylic acids is 3. The van der Waals surface area contributed by atoms with Crippen molar-refractivity contribution in [2.45, 2.75) is 373 Å². The summed E-state index contributed by atoms with van der Waals surface area (Å²) in [5.41, 5.74) is 0. The maximum Gasteiger partial charge on any atom is 0.472 e. The summed E-state index contributed by atoms with van der Waals surface area (Å²) in [6, 6.07) is 0. The van der Waals surface area contributed by atoms with Gasteiger partial charge in [0.15, 0.2) is 6.10 Å². The van der Waals surface area contributed by atoms with Gasteiger partial charge in [0, 0.05) is 19.3 Å². The van der Waals surface area contributed by atoms with Crippen molar-refractivity contribution in [1.82, 2.24) is 0 Å². The van der Waals surface area contributed by atoms with E-state index in [0.717, 1.165) is 128 Å². The third-order valence-corrected chi connectivity index (χ3v) is 19.4. The number of rotatable bonds is 78. The fraction of sp³-hybridized carbons (Fsp3) is 0.753. The molecule has 103 heavy (non-hydrogen) atoms. The lowest BCUT2D eigenvalue weighted by Crippen LogP contribution is -2.30. The molecule has 0 heterocycles. The molecule has 0 bridgehead atoms. The minimum absolute atomic E-state index is 0.103. The number of esters is 3. The number of aliphatic hydroxyl groups excluding tert-OH is 2. The topological polar surface area (TPSA) is 231 Å². The van der Waals surface area contributed by atoms with Crippen LogP contribution in [0.3, 0.4) is 0 Å². The van der Waals surface area contributed by atoms with Gasteiger partial charge in [-0.3, -0.25) is 32.5 Å². The quantitative estimate of drug-likeness (QED) is 0.0146. The molecule has 0 spiro atoms. The lowest BCUT2D eigenvalue weighted by molar-refractivity contribution is -0.161. The number of hydrogen-bond donors (Lipinski definition) is 4. The van der Waals surface area contributed by atoms with Gasteiger partial charge in [-0.25, -0.2) is 9.13 Å². The van der Waals surface area contributed by atoms with E-state index in [2.05, 4.69) is 130 Å². The molecule has 0 aliphatic carbocycles. The van der Waals surface area contributed by atoms with Crippen molar-refractivity contribution in [3.63, 3.8) is 0 Å². The first-order valence-corrected chi connectivity index (χ1v) is 44.2. The van der Waals surface area contributed by atoms with Gasteiger partial charge in [-0.2, -0.15) is 0 Å². The zero-order chi connectivity index (χ0) is 75.2. The molecule has 0 saturated heterocycles. The van der Waals surface area contributed by atoms with Gasteiger partial charge in [-0.05, 0) is 103 Å². The van der Waals surface area contributed by atoms with Crippen LogP contribution in [0.25, 0.3) is 0 Å². The molecule has 0 aliphatic heterocycles. The second-order valence-corrected chi connectivity index (χ2v) is 30.4. The molecule has 16 nitrogen and oxygen atoms in total. The van der Waals surface area contributed by atoms with Gasteiger partial charge in [-0.15, -0.1) is 0 Å². The Labute approximate surface area is 628 Å². The number of allylic oxidation sites excluding steroid dienone is 18. The van der Waals surface area contributed by atoms with Gasteiger partial charge in [-0.1, -0.05) is 342 Å². The molecule has 0 amide bonds. The number of phosphoric ester groups is 2. The Morgan fingerprint density at radius 1 is 0.282 bits per heavy atom. The molecule has 0 radical (unpaired) electrons. The molecular formula is C85H150O16P2. The Bertz CT molecular complexity index is 2310. The van der Waals surface area contributed by atoms with Crippen molar-refractivity contribution in [3.8, 4) is 0 Å². The highest BCUT2D eigenvalue weighted by molar-refractivity contribution is 7.47. The van der Waals surface area contributed by atoms with Crippen molar-refractivity contribution in [2.24, 2.45) is 0 Å². The summed E-state index contributed by atoms with van der Waals surface area (Å²) in [5.74, 6) is -1.59. The molecule has 4 N–H and O–H groups in total. The molecule has 5 unspecified atom stereocenters. The minimum atomic E-state index is -4.93. The molecule has 0 aromatic rings. The normalized spacial score (nSPS) is 14.5. The van der Waals surface area contributed by atoms with Crippen molar-refractivity contribution in [1.29, 1.82) is 0 Å². The molecule has 0 saturated carbocycles. The molecule has 5 atom stereocenters. The minimum Gasteiger partial charge on any atom is -0.463 e. The van der Waals surface area contributed by atoms with Gasteiger partial charge in [0.1, 0.15) is 25.4 Å². The van der Waals surface area contributed by atoms with E-state index in [1.807, 2.05) is 0 Å².